The number of anilines is 1. The Morgan fingerprint density at radius 1 is 1.05 bits per heavy atom. The maximum absolute atomic E-state index is 6.29. The minimum absolute atomic E-state index is 0. The fourth-order valence-electron chi connectivity index (χ4n) is 2.77. The van der Waals surface area contributed by atoms with Gasteiger partial charge in [-0.2, -0.15) is 0 Å². The standard InChI is InChI=1S/C18H20N2O.ClH/c19-11-14-7-4-8-16-15(14)9-10-17(18(16)20)21-12-13-5-2-1-3-6-13;/h1-3,5-7,9-10H,4,8,11-12,19-20H2;1H. The van der Waals surface area contributed by atoms with Crippen LogP contribution >= 0.6 is 12.4 Å². The van der Waals surface area contributed by atoms with E-state index in [0.29, 0.717) is 13.2 Å². The average molecular weight is 317 g/mol. The van der Waals surface area contributed by atoms with Gasteiger partial charge in [0.05, 0.1) is 5.69 Å². The van der Waals surface area contributed by atoms with E-state index in [-0.39, 0.29) is 12.4 Å². The molecule has 2 aromatic carbocycles. The van der Waals surface area contributed by atoms with Gasteiger partial charge in [0.2, 0.25) is 0 Å². The fraction of sp³-hybridized carbons (Fsp3) is 0.222. The zero-order valence-electron chi connectivity index (χ0n) is 12.4. The summed E-state index contributed by atoms with van der Waals surface area (Å²) < 4.78 is 5.88. The van der Waals surface area contributed by atoms with Crippen LogP contribution in [0.4, 0.5) is 5.69 Å². The van der Waals surface area contributed by atoms with Gasteiger partial charge in [0.15, 0.2) is 0 Å². The van der Waals surface area contributed by atoms with Gasteiger partial charge in [-0.15, -0.1) is 12.4 Å². The Bertz CT molecular complexity index is 668. The van der Waals surface area contributed by atoms with Crippen LogP contribution in [0.15, 0.2) is 48.5 Å². The van der Waals surface area contributed by atoms with Gasteiger partial charge in [-0.25, -0.2) is 0 Å². The summed E-state index contributed by atoms with van der Waals surface area (Å²) in [5.74, 6) is 0.760. The lowest BCUT2D eigenvalue weighted by Crippen LogP contribution is -2.11. The minimum atomic E-state index is 0. The molecule has 0 fully saturated rings. The lowest BCUT2D eigenvalue weighted by Gasteiger charge is -2.21. The van der Waals surface area contributed by atoms with Crippen LogP contribution in [0.1, 0.15) is 23.1 Å². The van der Waals surface area contributed by atoms with Crippen LogP contribution in [-0.4, -0.2) is 6.54 Å². The van der Waals surface area contributed by atoms with E-state index in [0.717, 1.165) is 29.8 Å². The third-order valence-electron chi connectivity index (χ3n) is 3.91. The quantitative estimate of drug-likeness (QED) is 0.848. The van der Waals surface area contributed by atoms with Gasteiger partial charge in [0, 0.05) is 6.54 Å². The highest BCUT2D eigenvalue weighted by Gasteiger charge is 2.17. The van der Waals surface area contributed by atoms with Crippen LogP contribution in [0.3, 0.4) is 0 Å². The van der Waals surface area contributed by atoms with Crippen molar-refractivity contribution in [1.82, 2.24) is 0 Å². The summed E-state index contributed by atoms with van der Waals surface area (Å²) in [6, 6.07) is 14.1. The summed E-state index contributed by atoms with van der Waals surface area (Å²) >= 11 is 0. The van der Waals surface area contributed by atoms with E-state index in [1.807, 2.05) is 36.4 Å². The first-order chi connectivity index (χ1) is 10.3. The molecule has 4 N–H and O–H groups in total. The Kier molecular flexibility index (Phi) is 5.47. The number of ether oxygens (including phenoxy) is 1. The second-order valence-corrected chi connectivity index (χ2v) is 5.25. The number of benzene rings is 2. The molecular weight excluding hydrogens is 296 g/mol. The highest BCUT2D eigenvalue weighted by Crippen LogP contribution is 2.35. The van der Waals surface area contributed by atoms with E-state index < -0.39 is 0 Å². The zero-order valence-corrected chi connectivity index (χ0v) is 13.2. The van der Waals surface area contributed by atoms with E-state index >= 15 is 0 Å². The van der Waals surface area contributed by atoms with Gasteiger partial charge < -0.3 is 16.2 Å². The van der Waals surface area contributed by atoms with Crippen molar-refractivity contribution in [2.24, 2.45) is 5.73 Å². The third-order valence-corrected chi connectivity index (χ3v) is 3.91. The summed E-state index contributed by atoms with van der Waals surface area (Å²) in [6.45, 7) is 1.08. The zero-order chi connectivity index (χ0) is 14.7. The molecule has 2 aromatic rings. The van der Waals surface area contributed by atoms with Gasteiger partial charge in [-0.3, -0.25) is 0 Å². The number of rotatable bonds is 4. The van der Waals surface area contributed by atoms with Crippen molar-refractivity contribution in [2.75, 3.05) is 12.3 Å². The second kappa shape index (κ2) is 7.34. The van der Waals surface area contributed by atoms with Crippen LogP contribution in [0.25, 0.3) is 5.57 Å². The molecule has 0 atom stereocenters. The van der Waals surface area contributed by atoms with Crippen LogP contribution < -0.4 is 16.2 Å². The number of allylic oxidation sites excluding steroid dienone is 1. The Hall–Kier alpha value is -1.97. The molecule has 22 heavy (non-hydrogen) atoms. The smallest absolute Gasteiger partial charge is 0.143 e. The number of halogens is 1. The van der Waals surface area contributed by atoms with Gasteiger partial charge in [-0.05, 0) is 41.2 Å². The molecule has 0 radical (unpaired) electrons. The number of nitrogen functional groups attached to an aromatic ring is 1. The predicted molar refractivity (Wildman–Crippen MR) is 94.2 cm³/mol. The van der Waals surface area contributed by atoms with Crippen LogP contribution in [0.2, 0.25) is 0 Å². The highest BCUT2D eigenvalue weighted by molar-refractivity contribution is 5.85. The van der Waals surface area contributed by atoms with Crippen LogP contribution in [0, 0.1) is 0 Å². The Morgan fingerprint density at radius 2 is 1.82 bits per heavy atom. The Balaban J connectivity index is 0.00000176. The number of hydrogen-bond acceptors (Lipinski definition) is 3. The maximum atomic E-state index is 6.29. The molecule has 0 bridgehead atoms. The molecule has 0 aromatic heterocycles. The molecule has 0 saturated carbocycles. The summed E-state index contributed by atoms with van der Waals surface area (Å²) in [7, 11) is 0. The van der Waals surface area contributed by atoms with Gasteiger partial charge in [0.25, 0.3) is 0 Å². The summed E-state index contributed by atoms with van der Waals surface area (Å²) in [5.41, 5.74) is 17.5. The Morgan fingerprint density at radius 3 is 2.55 bits per heavy atom. The van der Waals surface area contributed by atoms with Gasteiger partial charge in [-0.1, -0.05) is 42.5 Å². The Labute approximate surface area is 137 Å². The minimum Gasteiger partial charge on any atom is -0.487 e. The SMILES string of the molecule is Cl.NCC1=CCCc2c1ccc(OCc1ccccc1)c2N. The third kappa shape index (κ3) is 3.26. The lowest BCUT2D eigenvalue weighted by atomic mass is 9.89. The first-order valence-corrected chi connectivity index (χ1v) is 7.27. The van der Waals surface area contributed by atoms with Crippen molar-refractivity contribution in [2.45, 2.75) is 19.4 Å². The summed E-state index contributed by atoms with van der Waals surface area (Å²) in [5, 5.41) is 0. The van der Waals surface area contributed by atoms with E-state index in [9.17, 15) is 0 Å². The fourth-order valence-corrected chi connectivity index (χ4v) is 2.77. The summed E-state index contributed by atoms with van der Waals surface area (Å²) in [6.07, 6.45) is 4.14. The summed E-state index contributed by atoms with van der Waals surface area (Å²) in [4.78, 5) is 0. The lowest BCUT2D eigenvalue weighted by molar-refractivity contribution is 0.307. The molecule has 0 unspecified atom stereocenters. The van der Waals surface area contributed by atoms with Crippen molar-refractivity contribution in [3.05, 3.63) is 65.2 Å². The first-order valence-electron chi connectivity index (χ1n) is 7.27. The number of nitrogens with two attached hydrogens (primary N) is 2. The van der Waals surface area contributed by atoms with Crippen molar-refractivity contribution < 1.29 is 4.74 Å². The molecule has 0 heterocycles. The van der Waals surface area contributed by atoms with Crippen LogP contribution in [0.5, 0.6) is 5.75 Å². The van der Waals surface area contributed by atoms with Crippen molar-refractivity contribution in [3.8, 4) is 5.75 Å². The molecule has 0 aliphatic heterocycles. The molecule has 4 heteroatoms. The van der Waals surface area contributed by atoms with Gasteiger partial charge >= 0.3 is 0 Å². The van der Waals surface area contributed by atoms with Crippen molar-refractivity contribution >= 4 is 23.7 Å². The topological polar surface area (TPSA) is 61.3 Å². The largest absolute Gasteiger partial charge is 0.487 e. The molecule has 0 spiro atoms. The van der Waals surface area contributed by atoms with Crippen molar-refractivity contribution in [3.63, 3.8) is 0 Å². The predicted octanol–water partition coefficient (Wildman–Crippen LogP) is 3.56. The molecule has 1 aliphatic carbocycles. The molecule has 0 saturated heterocycles. The monoisotopic (exact) mass is 316 g/mol. The molecule has 3 nitrogen and oxygen atoms in total. The molecule has 0 amide bonds. The number of fused-ring (bicyclic) bond motifs is 1. The van der Waals surface area contributed by atoms with E-state index in [1.165, 1.54) is 16.7 Å². The van der Waals surface area contributed by atoms with Gasteiger partial charge in [0.1, 0.15) is 12.4 Å². The van der Waals surface area contributed by atoms with E-state index in [4.69, 9.17) is 16.2 Å². The molecular formula is C18H21ClN2O. The van der Waals surface area contributed by atoms with E-state index in [2.05, 4.69) is 12.1 Å². The molecule has 3 rings (SSSR count). The maximum Gasteiger partial charge on any atom is 0.143 e. The van der Waals surface area contributed by atoms with E-state index in [1.54, 1.807) is 0 Å². The molecule has 116 valence electrons. The first kappa shape index (κ1) is 16.4. The highest BCUT2D eigenvalue weighted by atomic mass is 35.5. The second-order valence-electron chi connectivity index (χ2n) is 5.25. The average Bonchev–Trinajstić information content (AvgIpc) is 2.55. The van der Waals surface area contributed by atoms with Crippen molar-refractivity contribution in [1.29, 1.82) is 0 Å². The number of hydrogen-bond donors (Lipinski definition) is 2. The van der Waals surface area contributed by atoms with Crippen LogP contribution in [-0.2, 0) is 13.0 Å². The molecule has 1 aliphatic rings. The normalized spacial score (nSPS) is 12.9.